The summed E-state index contributed by atoms with van der Waals surface area (Å²) in [6, 6.07) is 0.558. The molecule has 1 aliphatic heterocycles. The third kappa shape index (κ3) is 0.740. The zero-order valence-electron chi connectivity index (χ0n) is 5.57. The van der Waals surface area contributed by atoms with E-state index < -0.39 is 0 Å². The molecule has 0 aliphatic carbocycles. The second-order valence-electron chi connectivity index (χ2n) is 3.16. The predicted octanol–water partition coefficient (Wildman–Crippen LogP) is -0.0569. The Kier molecular flexibility index (Phi) is 1.29. The molecule has 0 saturated carbocycles. The van der Waals surface area contributed by atoms with Crippen molar-refractivity contribution in [1.29, 1.82) is 0 Å². The lowest BCUT2D eigenvalue weighted by Crippen LogP contribution is -2.62. The molecule has 2 nitrogen and oxygen atoms in total. The van der Waals surface area contributed by atoms with Gasteiger partial charge in [-0.15, -0.1) is 0 Å². The van der Waals surface area contributed by atoms with Crippen molar-refractivity contribution in [1.82, 2.24) is 5.32 Å². The summed E-state index contributed by atoms with van der Waals surface area (Å²) in [6.45, 7) is 6.36. The van der Waals surface area contributed by atoms with Crippen LogP contribution in [-0.2, 0) is 0 Å². The lowest BCUT2D eigenvalue weighted by atomic mass is 9.77. The fourth-order valence-electron chi connectivity index (χ4n) is 1.06. The summed E-state index contributed by atoms with van der Waals surface area (Å²) in [4.78, 5) is 0. The summed E-state index contributed by atoms with van der Waals surface area (Å²) in [7, 11) is 0. The normalized spacial score (nSPS) is 34.1. The Morgan fingerprint density at radius 3 is 2.38 bits per heavy atom. The van der Waals surface area contributed by atoms with E-state index in [2.05, 4.69) is 19.2 Å². The second-order valence-corrected chi connectivity index (χ2v) is 3.16. The lowest BCUT2D eigenvalue weighted by Gasteiger charge is -2.45. The minimum absolute atomic E-state index is 0.453. The zero-order valence-corrected chi connectivity index (χ0v) is 5.57. The van der Waals surface area contributed by atoms with Crippen LogP contribution < -0.4 is 11.1 Å². The number of nitrogens with one attached hydrogen (secondary N) is 1. The Bertz CT molecular complexity index is 86.5. The van der Waals surface area contributed by atoms with Gasteiger partial charge in [-0.1, -0.05) is 13.8 Å². The van der Waals surface area contributed by atoms with E-state index in [4.69, 9.17) is 5.73 Å². The monoisotopic (exact) mass is 114 g/mol. The Morgan fingerprint density at radius 2 is 2.38 bits per heavy atom. The molecular formula is C6H14N2. The molecule has 2 heteroatoms. The quantitative estimate of drug-likeness (QED) is 0.501. The van der Waals surface area contributed by atoms with Gasteiger partial charge in [-0.25, -0.2) is 0 Å². The van der Waals surface area contributed by atoms with Crippen LogP contribution in [0.1, 0.15) is 13.8 Å². The molecule has 1 heterocycles. The van der Waals surface area contributed by atoms with Crippen molar-refractivity contribution in [2.24, 2.45) is 11.1 Å². The highest BCUT2D eigenvalue weighted by atomic mass is 15.0. The summed E-state index contributed by atoms with van der Waals surface area (Å²) in [5.74, 6) is 0. The third-order valence-corrected chi connectivity index (χ3v) is 1.98. The molecule has 0 bridgehead atoms. The predicted molar refractivity (Wildman–Crippen MR) is 34.6 cm³/mol. The van der Waals surface area contributed by atoms with E-state index in [1.807, 2.05) is 0 Å². The van der Waals surface area contributed by atoms with Gasteiger partial charge >= 0.3 is 0 Å². The summed E-state index contributed by atoms with van der Waals surface area (Å²) < 4.78 is 0. The fraction of sp³-hybridized carbons (Fsp3) is 1.00. The standard InChI is InChI=1S/C6H14N2/c1-6(2)4-8-5(6)3-7/h5,8H,3-4,7H2,1-2H3. The number of rotatable bonds is 1. The third-order valence-electron chi connectivity index (χ3n) is 1.98. The van der Waals surface area contributed by atoms with Crippen LogP contribution >= 0.6 is 0 Å². The molecule has 0 aromatic carbocycles. The molecule has 0 spiro atoms. The van der Waals surface area contributed by atoms with Crippen LogP contribution in [-0.4, -0.2) is 19.1 Å². The van der Waals surface area contributed by atoms with Gasteiger partial charge in [-0.2, -0.15) is 0 Å². The molecule has 1 rings (SSSR count). The molecule has 1 saturated heterocycles. The molecule has 0 aromatic heterocycles. The van der Waals surface area contributed by atoms with E-state index in [0.717, 1.165) is 13.1 Å². The van der Waals surface area contributed by atoms with E-state index in [-0.39, 0.29) is 0 Å². The van der Waals surface area contributed by atoms with E-state index in [1.54, 1.807) is 0 Å². The summed E-state index contributed by atoms with van der Waals surface area (Å²) in [5, 5.41) is 3.26. The van der Waals surface area contributed by atoms with Crippen LogP contribution in [0.25, 0.3) is 0 Å². The average molecular weight is 114 g/mol. The van der Waals surface area contributed by atoms with E-state index in [0.29, 0.717) is 11.5 Å². The van der Waals surface area contributed by atoms with Crippen LogP contribution in [0, 0.1) is 5.41 Å². The Morgan fingerprint density at radius 1 is 1.75 bits per heavy atom. The van der Waals surface area contributed by atoms with Crippen molar-refractivity contribution in [3.05, 3.63) is 0 Å². The molecule has 0 amide bonds. The summed E-state index contributed by atoms with van der Waals surface area (Å²) in [6.07, 6.45) is 0. The maximum absolute atomic E-state index is 5.45. The fourth-order valence-corrected chi connectivity index (χ4v) is 1.06. The van der Waals surface area contributed by atoms with Gasteiger partial charge in [-0.05, 0) is 5.41 Å². The van der Waals surface area contributed by atoms with Gasteiger partial charge in [0.1, 0.15) is 0 Å². The van der Waals surface area contributed by atoms with Gasteiger partial charge in [0.15, 0.2) is 0 Å². The minimum Gasteiger partial charge on any atom is -0.329 e. The highest BCUT2D eigenvalue weighted by Gasteiger charge is 2.36. The highest BCUT2D eigenvalue weighted by Crippen LogP contribution is 2.26. The Labute approximate surface area is 50.4 Å². The van der Waals surface area contributed by atoms with Crippen LogP contribution in [0.15, 0.2) is 0 Å². The van der Waals surface area contributed by atoms with Gasteiger partial charge in [0.25, 0.3) is 0 Å². The van der Waals surface area contributed by atoms with Crippen LogP contribution in [0.3, 0.4) is 0 Å². The van der Waals surface area contributed by atoms with Gasteiger partial charge in [-0.3, -0.25) is 0 Å². The molecule has 1 fully saturated rings. The van der Waals surface area contributed by atoms with Crippen LogP contribution in [0.5, 0.6) is 0 Å². The van der Waals surface area contributed by atoms with Crippen molar-refractivity contribution >= 4 is 0 Å². The van der Waals surface area contributed by atoms with E-state index in [1.165, 1.54) is 0 Å². The summed E-state index contributed by atoms with van der Waals surface area (Å²) >= 11 is 0. The maximum atomic E-state index is 5.45. The molecule has 8 heavy (non-hydrogen) atoms. The van der Waals surface area contributed by atoms with E-state index in [9.17, 15) is 0 Å². The molecule has 3 N–H and O–H groups in total. The molecule has 1 atom stereocenters. The number of hydrogen-bond donors (Lipinski definition) is 2. The van der Waals surface area contributed by atoms with Gasteiger partial charge in [0, 0.05) is 19.1 Å². The van der Waals surface area contributed by atoms with Crippen LogP contribution in [0.2, 0.25) is 0 Å². The molecule has 0 radical (unpaired) electrons. The average Bonchev–Trinajstić information content (AvgIpc) is 1.66. The van der Waals surface area contributed by atoms with Gasteiger partial charge in [0.2, 0.25) is 0 Å². The largest absolute Gasteiger partial charge is 0.329 e. The SMILES string of the molecule is CC1(C)CNC1CN. The first-order valence-electron chi connectivity index (χ1n) is 3.10. The topological polar surface area (TPSA) is 38.0 Å². The molecule has 48 valence electrons. The van der Waals surface area contributed by atoms with Gasteiger partial charge < -0.3 is 11.1 Å². The molecule has 0 aromatic rings. The Hall–Kier alpha value is -0.0800. The summed E-state index contributed by atoms with van der Waals surface area (Å²) in [5.41, 5.74) is 5.90. The van der Waals surface area contributed by atoms with Crippen molar-refractivity contribution in [2.75, 3.05) is 13.1 Å². The first kappa shape index (κ1) is 6.05. The second kappa shape index (κ2) is 1.71. The lowest BCUT2D eigenvalue weighted by molar-refractivity contribution is 0.134. The van der Waals surface area contributed by atoms with Crippen molar-refractivity contribution in [2.45, 2.75) is 19.9 Å². The first-order valence-corrected chi connectivity index (χ1v) is 3.10. The van der Waals surface area contributed by atoms with Crippen molar-refractivity contribution in [3.8, 4) is 0 Å². The number of hydrogen-bond acceptors (Lipinski definition) is 2. The molecular weight excluding hydrogens is 100 g/mol. The maximum Gasteiger partial charge on any atom is 0.0253 e. The van der Waals surface area contributed by atoms with E-state index >= 15 is 0 Å². The van der Waals surface area contributed by atoms with Gasteiger partial charge in [0.05, 0.1) is 0 Å². The minimum atomic E-state index is 0.453. The smallest absolute Gasteiger partial charge is 0.0253 e. The first-order chi connectivity index (χ1) is 3.67. The van der Waals surface area contributed by atoms with Crippen molar-refractivity contribution < 1.29 is 0 Å². The molecule has 1 aliphatic rings. The Balaban J connectivity index is 2.37. The molecule has 1 unspecified atom stereocenters. The van der Waals surface area contributed by atoms with Crippen LogP contribution in [0.4, 0.5) is 0 Å². The number of nitrogens with two attached hydrogens (primary N) is 1. The highest BCUT2D eigenvalue weighted by molar-refractivity contribution is 4.95. The zero-order chi connectivity index (χ0) is 6.20. The van der Waals surface area contributed by atoms with Crippen molar-refractivity contribution in [3.63, 3.8) is 0 Å².